The van der Waals surface area contributed by atoms with E-state index >= 15 is 0 Å². The Morgan fingerprint density at radius 2 is 1.79 bits per heavy atom. The molecule has 0 aromatic heterocycles. The van der Waals surface area contributed by atoms with Gasteiger partial charge in [0, 0.05) is 25.7 Å². The van der Waals surface area contributed by atoms with Crippen molar-refractivity contribution in [3.63, 3.8) is 0 Å². The van der Waals surface area contributed by atoms with Crippen molar-refractivity contribution >= 4 is 10.0 Å². The summed E-state index contributed by atoms with van der Waals surface area (Å²) in [6, 6.07) is 14.9. The van der Waals surface area contributed by atoms with Gasteiger partial charge >= 0.3 is 0 Å². The van der Waals surface area contributed by atoms with Crippen LogP contribution < -0.4 is 14.2 Å². The zero-order chi connectivity index (χ0) is 20.1. The molecule has 0 bridgehead atoms. The van der Waals surface area contributed by atoms with Crippen molar-refractivity contribution in [3.05, 3.63) is 54.1 Å². The molecule has 1 saturated heterocycles. The fourth-order valence-electron chi connectivity index (χ4n) is 3.56. The third-order valence-electron chi connectivity index (χ3n) is 5.09. The minimum Gasteiger partial charge on any atom is -0.486 e. The van der Waals surface area contributed by atoms with Gasteiger partial charge in [0.2, 0.25) is 10.0 Å². The molecule has 2 aromatic carbocycles. The van der Waals surface area contributed by atoms with Crippen LogP contribution in [0.15, 0.2) is 53.4 Å². The average Bonchev–Trinajstić information content (AvgIpc) is 2.77. The Morgan fingerprint density at radius 1 is 1.00 bits per heavy atom. The van der Waals surface area contributed by atoms with Crippen molar-refractivity contribution in [3.8, 4) is 11.5 Å². The zero-order valence-corrected chi connectivity index (χ0v) is 17.1. The van der Waals surface area contributed by atoms with Crippen LogP contribution in [-0.2, 0) is 14.8 Å². The second-order valence-electron chi connectivity index (χ2n) is 7.13. The number of hydrogen-bond donors (Lipinski definition) is 1. The molecule has 2 heterocycles. The van der Waals surface area contributed by atoms with E-state index < -0.39 is 10.0 Å². The Morgan fingerprint density at radius 3 is 2.62 bits per heavy atom. The minimum atomic E-state index is -3.58. The number of rotatable bonds is 7. The van der Waals surface area contributed by atoms with Crippen LogP contribution in [0.4, 0.5) is 0 Å². The van der Waals surface area contributed by atoms with Gasteiger partial charge in [0.25, 0.3) is 0 Å². The van der Waals surface area contributed by atoms with Gasteiger partial charge in [0.1, 0.15) is 13.2 Å². The zero-order valence-electron chi connectivity index (χ0n) is 16.2. The normalized spacial score (nSPS) is 19.8. The fourth-order valence-corrected chi connectivity index (χ4v) is 4.65. The average molecular weight is 419 g/mol. The molecule has 0 amide bonds. The predicted octanol–water partition coefficient (Wildman–Crippen LogP) is 2.20. The molecule has 0 saturated carbocycles. The topological polar surface area (TPSA) is 77.1 Å². The van der Waals surface area contributed by atoms with Gasteiger partial charge in [-0.05, 0) is 30.7 Å². The molecule has 1 atom stereocenters. The molecule has 0 radical (unpaired) electrons. The summed E-state index contributed by atoms with van der Waals surface area (Å²) in [5.74, 6) is 1.05. The smallest absolute Gasteiger partial charge is 0.240 e. The first kappa shape index (κ1) is 20.2. The van der Waals surface area contributed by atoms with Crippen LogP contribution in [0, 0.1) is 0 Å². The van der Waals surface area contributed by atoms with Crippen LogP contribution in [0.1, 0.15) is 18.1 Å². The van der Waals surface area contributed by atoms with E-state index in [-0.39, 0.29) is 11.0 Å². The van der Waals surface area contributed by atoms with Gasteiger partial charge in [-0.2, -0.15) is 0 Å². The molecular formula is C21H26N2O5S. The molecule has 2 aliphatic rings. The monoisotopic (exact) mass is 418 g/mol. The van der Waals surface area contributed by atoms with Crippen molar-refractivity contribution in [2.45, 2.75) is 17.4 Å². The SMILES string of the molecule is O=S(=O)(NCCCN1CCOC(c2ccccc2)C1)c1ccc2c(c1)OCCO2. The highest BCUT2D eigenvalue weighted by atomic mass is 32.2. The van der Waals surface area contributed by atoms with Gasteiger partial charge in [-0.1, -0.05) is 30.3 Å². The van der Waals surface area contributed by atoms with Gasteiger partial charge in [-0.3, -0.25) is 4.90 Å². The number of sulfonamides is 1. The molecule has 2 aromatic rings. The third kappa shape index (κ3) is 5.08. The van der Waals surface area contributed by atoms with Crippen LogP contribution in [0.3, 0.4) is 0 Å². The van der Waals surface area contributed by atoms with Crippen LogP contribution in [-0.4, -0.2) is 59.3 Å². The first-order chi connectivity index (χ1) is 14.1. The fraction of sp³-hybridized carbons (Fsp3) is 0.429. The molecule has 1 unspecified atom stereocenters. The van der Waals surface area contributed by atoms with E-state index in [0.717, 1.165) is 26.1 Å². The Balaban J connectivity index is 1.26. The molecule has 1 N–H and O–H groups in total. The molecule has 2 aliphatic heterocycles. The summed E-state index contributed by atoms with van der Waals surface area (Å²) in [7, 11) is -3.58. The van der Waals surface area contributed by atoms with Crippen molar-refractivity contribution in [2.75, 3.05) is 46.0 Å². The summed E-state index contributed by atoms with van der Waals surface area (Å²) in [6.45, 7) is 4.46. The molecule has 0 aliphatic carbocycles. The molecule has 1 fully saturated rings. The third-order valence-corrected chi connectivity index (χ3v) is 6.55. The van der Waals surface area contributed by atoms with Gasteiger partial charge < -0.3 is 14.2 Å². The second kappa shape index (κ2) is 9.13. The summed E-state index contributed by atoms with van der Waals surface area (Å²) >= 11 is 0. The lowest BCUT2D eigenvalue weighted by atomic mass is 10.1. The standard InChI is InChI=1S/C21H26N2O5S/c24-29(25,18-7-8-19-20(15-18)28-14-13-27-19)22-9-4-10-23-11-12-26-21(16-23)17-5-2-1-3-6-17/h1-3,5-8,15,21-22H,4,9-14,16H2. The van der Waals surface area contributed by atoms with Gasteiger partial charge in [0.05, 0.1) is 17.6 Å². The number of nitrogens with one attached hydrogen (secondary N) is 1. The number of benzene rings is 2. The summed E-state index contributed by atoms with van der Waals surface area (Å²) in [5.41, 5.74) is 1.18. The maximum absolute atomic E-state index is 12.6. The number of nitrogens with zero attached hydrogens (tertiary/aromatic N) is 1. The highest BCUT2D eigenvalue weighted by molar-refractivity contribution is 7.89. The van der Waals surface area contributed by atoms with Crippen LogP contribution in [0.2, 0.25) is 0 Å². The molecule has 29 heavy (non-hydrogen) atoms. The first-order valence-electron chi connectivity index (χ1n) is 9.90. The molecule has 0 spiro atoms. The van der Waals surface area contributed by atoms with Crippen molar-refractivity contribution in [1.82, 2.24) is 9.62 Å². The Labute approximate surface area is 171 Å². The number of ether oxygens (including phenoxy) is 3. The van der Waals surface area contributed by atoms with Crippen molar-refractivity contribution in [1.29, 1.82) is 0 Å². The van der Waals surface area contributed by atoms with Crippen molar-refractivity contribution in [2.24, 2.45) is 0 Å². The van der Waals surface area contributed by atoms with E-state index in [1.807, 2.05) is 18.2 Å². The lowest BCUT2D eigenvalue weighted by Gasteiger charge is -2.33. The highest BCUT2D eigenvalue weighted by Crippen LogP contribution is 2.32. The van der Waals surface area contributed by atoms with E-state index in [1.54, 1.807) is 12.1 Å². The van der Waals surface area contributed by atoms with E-state index in [2.05, 4.69) is 21.8 Å². The maximum atomic E-state index is 12.6. The van der Waals surface area contributed by atoms with E-state index in [0.29, 0.717) is 37.9 Å². The Hall–Kier alpha value is -2.13. The van der Waals surface area contributed by atoms with Crippen LogP contribution >= 0.6 is 0 Å². The molecular weight excluding hydrogens is 392 g/mol. The summed E-state index contributed by atoms with van der Waals surface area (Å²) in [6.07, 6.45) is 0.796. The second-order valence-corrected chi connectivity index (χ2v) is 8.89. The van der Waals surface area contributed by atoms with E-state index in [9.17, 15) is 8.42 Å². The lowest BCUT2D eigenvalue weighted by Crippen LogP contribution is -2.39. The predicted molar refractivity (Wildman–Crippen MR) is 109 cm³/mol. The highest BCUT2D eigenvalue weighted by Gasteiger charge is 2.22. The van der Waals surface area contributed by atoms with Crippen molar-refractivity contribution < 1.29 is 22.6 Å². The number of hydrogen-bond acceptors (Lipinski definition) is 6. The minimum absolute atomic E-state index is 0.0688. The van der Waals surface area contributed by atoms with E-state index in [1.165, 1.54) is 11.6 Å². The number of morpholine rings is 1. The maximum Gasteiger partial charge on any atom is 0.240 e. The van der Waals surface area contributed by atoms with Gasteiger partial charge in [0.15, 0.2) is 11.5 Å². The summed E-state index contributed by atoms with van der Waals surface area (Å²) in [5, 5.41) is 0. The van der Waals surface area contributed by atoms with E-state index in [4.69, 9.17) is 14.2 Å². The summed E-state index contributed by atoms with van der Waals surface area (Å²) < 4.78 is 44.6. The van der Waals surface area contributed by atoms with Gasteiger partial charge in [-0.25, -0.2) is 13.1 Å². The Bertz CT molecular complexity index is 920. The molecule has 7 nitrogen and oxygen atoms in total. The molecule has 4 rings (SSSR count). The van der Waals surface area contributed by atoms with Gasteiger partial charge in [-0.15, -0.1) is 0 Å². The van der Waals surface area contributed by atoms with Crippen LogP contribution in [0.5, 0.6) is 11.5 Å². The largest absolute Gasteiger partial charge is 0.486 e. The molecule has 8 heteroatoms. The Kier molecular flexibility index (Phi) is 6.34. The first-order valence-corrected chi connectivity index (χ1v) is 11.4. The summed E-state index contributed by atoms with van der Waals surface area (Å²) in [4.78, 5) is 2.51. The van der Waals surface area contributed by atoms with Crippen LogP contribution in [0.25, 0.3) is 0 Å². The lowest BCUT2D eigenvalue weighted by molar-refractivity contribution is -0.0300. The number of fused-ring (bicyclic) bond motifs is 1. The quantitative estimate of drug-likeness (QED) is 0.695. The molecule has 156 valence electrons.